The van der Waals surface area contributed by atoms with Crippen LogP contribution in [0.1, 0.15) is 31.6 Å². The molecule has 1 unspecified atom stereocenters. The van der Waals surface area contributed by atoms with E-state index in [2.05, 4.69) is 20.0 Å². The van der Waals surface area contributed by atoms with Gasteiger partial charge in [0.2, 0.25) is 5.82 Å². The fourth-order valence-corrected chi connectivity index (χ4v) is 3.60. The molecule has 0 aliphatic carbocycles. The van der Waals surface area contributed by atoms with E-state index < -0.39 is 0 Å². The van der Waals surface area contributed by atoms with Gasteiger partial charge in [-0.1, -0.05) is 5.16 Å². The van der Waals surface area contributed by atoms with Crippen LogP contribution in [0.2, 0.25) is 0 Å². The summed E-state index contributed by atoms with van der Waals surface area (Å²) in [4.78, 5) is 11.0. The van der Waals surface area contributed by atoms with Gasteiger partial charge in [0.15, 0.2) is 0 Å². The summed E-state index contributed by atoms with van der Waals surface area (Å²) in [5.74, 6) is 1.07. The first-order chi connectivity index (χ1) is 12.4. The van der Waals surface area contributed by atoms with E-state index in [1.54, 1.807) is 12.4 Å². The highest BCUT2D eigenvalue weighted by molar-refractivity contribution is 5.51. The molecule has 1 atom stereocenters. The summed E-state index contributed by atoms with van der Waals surface area (Å²) in [6, 6.07) is 4.41. The van der Waals surface area contributed by atoms with E-state index in [-0.39, 0.29) is 6.10 Å². The zero-order chi connectivity index (χ0) is 16.9. The van der Waals surface area contributed by atoms with E-state index in [1.807, 2.05) is 12.1 Å². The summed E-state index contributed by atoms with van der Waals surface area (Å²) in [5, 5.41) is 4.01. The average Bonchev–Trinajstić information content (AvgIpc) is 3.17. The maximum Gasteiger partial charge on any atom is 0.252 e. The predicted molar refractivity (Wildman–Crippen MR) is 90.8 cm³/mol. The Morgan fingerprint density at radius 1 is 1.24 bits per heavy atom. The number of piperidine rings is 1. The molecule has 0 amide bonds. The van der Waals surface area contributed by atoms with Crippen molar-refractivity contribution in [1.82, 2.24) is 20.0 Å². The van der Waals surface area contributed by atoms with Gasteiger partial charge in [0.1, 0.15) is 6.61 Å². The third-order valence-corrected chi connectivity index (χ3v) is 4.95. The molecule has 0 bridgehead atoms. The molecule has 2 aliphatic rings. The third-order valence-electron chi connectivity index (χ3n) is 4.95. The molecule has 4 heterocycles. The Hall–Kier alpha value is -1.83. The number of pyridine rings is 1. The van der Waals surface area contributed by atoms with Gasteiger partial charge in [-0.15, -0.1) is 0 Å². The summed E-state index contributed by atoms with van der Waals surface area (Å²) in [6.45, 7) is 4.27. The highest BCUT2D eigenvalue weighted by atomic mass is 16.5. The molecule has 0 N–H and O–H groups in total. The van der Waals surface area contributed by atoms with Gasteiger partial charge in [-0.2, -0.15) is 4.98 Å². The molecule has 2 aromatic rings. The van der Waals surface area contributed by atoms with Crippen LogP contribution in [0.5, 0.6) is 0 Å². The maximum absolute atomic E-state index is 6.05. The molecule has 0 radical (unpaired) electrons. The largest absolute Gasteiger partial charge is 0.381 e. The minimum atomic E-state index is 0.227. The van der Waals surface area contributed by atoms with E-state index in [0.717, 1.165) is 51.1 Å². The molecule has 2 aliphatic heterocycles. The van der Waals surface area contributed by atoms with Crippen molar-refractivity contribution in [3.05, 3.63) is 30.4 Å². The molecule has 2 saturated heterocycles. The van der Waals surface area contributed by atoms with Gasteiger partial charge in [-0.25, -0.2) is 0 Å². The fourth-order valence-electron chi connectivity index (χ4n) is 3.60. The zero-order valence-electron chi connectivity index (χ0n) is 14.3. The van der Waals surface area contributed by atoms with Crippen molar-refractivity contribution >= 4 is 0 Å². The van der Waals surface area contributed by atoms with E-state index in [4.69, 9.17) is 14.0 Å². The Morgan fingerprint density at radius 3 is 3.00 bits per heavy atom. The number of hydrogen-bond donors (Lipinski definition) is 0. The van der Waals surface area contributed by atoms with Crippen LogP contribution < -0.4 is 0 Å². The molecular weight excluding hydrogens is 320 g/mol. The number of rotatable bonds is 5. The second-order valence-corrected chi connectivity index (χ2v) is 6.67. The van der Waals surface area contributed by atoms with Gasteiger partial charge >= 0.3 is 0 Å². The van der Waals surface area contributed by atoms with Crippen LogP contribution in [0, 0.1) is 0 Å². The van der Waals surface area contributed by atoms with Crippen LogP contribution in [0.25, 0.3) is 11.4 Å². The van der Waals surface area contributed by atoms with Crippen molar-refractivity contribution in [2.24, 2.45) is 0 Å². The highest BCUT2D eigenvalue weighted by Crippen LogP contribution is 2.22. The lowest BCUT2D eigenvalue weighted by molar-refractivity contribution is -0.0455. The van der Waals surface area contributed by atoms with Crippen molar-refractivity contribution in [3.8, 4) is 11.4 Å². The van der Waals surface area contributed by atoms with Gasteiger partial charge in [0.25, 0.3) is 5.89 Å². The minimum absolute atomic E-state index is 0.227. The lowest BCUT2D eigenvalue weighted by Gasteiger charge is -2.39. The first kappa shape index (κ1) is 16.6. The van der Waals surface area contributed by atoms with Crippen LogP contribution in [-0.2, 0) is 16.1 Å². The summed E-state index contributed by atoms with van der Waals surface area (Å²) in [7, 11) is 0. The molecule has 4 rings (SSSR count). The first-order valence-corrected chi connectivity index (χ1v) is 9.05. The van der Waals surface area contributed by atoms with Crippen molar-refractivity contribution < 1.29 is 14.0 Å². The molecule has 134 valence electrons. The summed E-state index contributed by atoms with van der Waals surface area (Å²) >= 11 is 0. The van der Waals surface area contributed by atoms with Crippen molar-refractivity contribution in [1.29, 1.82) is 0 Å². The summed E-state index contributed by atoms with van der Waals surface area (Å²) < 4.78 is 16.8. The molecule has 2 aromatic heterocycles. The maximum atomic E-state index is 6.05. The van der Waals surface area contributed by atoms with Crippen molar-refractivity contribution in [2.45, 2.75) is 44.4 Å². The van der Waals surface area contributed by atoms with Crippen LogP contribution in [0.15, 0.2) is 29.0 Å². The number of aromatic nitrogens is 3. The molecule has 7 nitrogen and oxygen atoms in total. The Labute approximate surface area is 147 Å². The van der Waals surface area contributed by atoms with Crippen molar-refractivity contribution in [3.63, 3.8) is 0 Å². The second kappa shape index (κ2) is 8.03. The standard InChI is InChI=1S/C18H24N4O3/c1-3-14(11-19-7-1)18-20-17(25-21-18)13-24-16-4-2-8-22(12-16)15-5-9-23-10-6-15/h1,3,7,11,15-16H,2,4-6,8-10,12-13H2. The summed E-state index contributed by atoms with van der Waals surface area (Å²) in [6.07, 6.45) is 8.19. The average molecular weight is 344 g/mol. The molecule has 0 aromatic carbocycles. The topological polar surface area (TPSA) is 73.5 Å². The number of hydrogen-bond acceptors (Lipinski definition) is 7. The normalized spacial score (nSPS) is 23.0. The van der Waals surface area contributed by atoms with E-state index >= 15 is 0 Å². The SMILES string of the molecule is c1cncc(-c2noc(COC3CCCN(C4CCOCC4)C3)n2)c1. The van der Waals surface area contributed by atoms with Crippen molar-refractivity contribution in [2.75, 3.05) is 26.3 Å². The van der Waals surface area contributed by atoms with Crippen LogP contribution in [-0.4, -0.2) is 58.5 Å². The van der Waals surface area contributed by atoms with Crippen LogP contribution >= 0.6 is 0 Å². The Morgan fingerprint density at radius 2 is 2.16 bits per heavy atom. The first-order valence-electron chi connectivity index (χ1n) is 9.05. The fraction of sp³-hybridized carbons (Fsp3) is 0.611. The van der Waals surface area contributed by atoms with Gasteiger partial charge in [-0.05, 0) is 44.4 Å². The molecule has 0 saturated carbocycles. The van der Waals surface area contributed by atoms with Gasteiger partial charge in [-0.3, -0.25) is 9.88 Å². The Kier molecular flexibility index (Phi) is 5.34. The highest BCUT2D eigenvalue weighted by Gasteiger charge is 2.28. The number of nitrogens with zero attached hydrogens (tertiary/aromatic N) is 4. The Bertz CT molecular complexity index is 657. The smallest absolute Gasteiger partial charge is 0.252 e. The quantitative estimate of drug-likeness (QED) is 0.824. The molecule has 7 heteroatoms. The molecule has 0 spiro atoms. The van der Waals surface area contributed by atoms with Crippen LogP contribution in [0.3, 0.4) is 0 Å². The van der Waals surface area contributed by atoms with Crippen LogP contribution in [0.4, 0.5) is 0 Å². The third kappa shape index (κ3) is 4.23. The molecule has 2 fully saturated rings. The lowest BCUT2D eigenvalue weighted by Crippen LogP contribution is -2.47. The number of likely N-dealkylation sites (tertiary alicyclic amines) is 1. The Balaban J connectivity index is 1.30. The minimum Gasteiger partial charge on any atom is -0.381 e. The van der Waals surface area contributed by atoms with E-state index in [9.17, 15) is 0 Å². The predicted octanol–water partition coefficient (Wildman–Crippen LogP) is 2.29. The van der Waals surface area contributed by atoms with Gasteiger partial charge < -0.3 is 14.0 Å². The monoisotopic (exact) mass is 344 g/mol. The van der Waals surface area contributed by atoms with Gasteiger partial charge in [0, 0.05) is 43.8 Å². The second-order valence-electron chi connectivity index (χ2n) is 6.67. The van der Waals surface area contributed by atoms with Gasteiger partial charge in [0.05, 0.1) is 6.10 Å². The molecular formula is C18H24N4O3. The number of ether oxygens (including phenoxy) is 2. The molecule has 25 heavy (non-hydrogen) atoms. The lowest BCUT2D eigenvalue weighted by atomic mass is 10.0. The summed E-state index contributed by atoms with van der Waals surface area (Å²) in [5.41, 5.74) is 0.848. The van der Waals surface area contributed by atoms with E-state index in [1.165, 1.54) is 6.42 Å². The van der Waals surface area contributed by atoms with E-state index in [0.29, 0.717) is 24.4 Å². The zero-order valence-corrected chi connectivity index (χ0v) is 14.3.